The fraction of sp³-hybridized carbons (Fsp3) is 0.167. The van der Waals surface area contributed by atoms with E-state index in [1.807, 2.05) is 0 Å². The number of aromatic nitrogens is 2. The van der Waals surface area contributed by atoms with E-state index >= 15 is 0 Å². The van der Waals surface area contributed by atoms with Crippen molar-refractivity contribution in [3.8, 4) is 11.4 Å². The number of halogens is 2. The van der Waals surface area contributed by atoms with Gasteiger partial charge in [-0.05, 0) is 28.1 Å². The number of hydrogen-bond acceptors (Lipinski definition) is 3. The summed E-state index contributed by atoms with van der Waals surface area (Å²) in [5.41, 5.74) is 1.42. The molecule has 0 atom stereocenters. The number of benzene rings is 1. The normalized spacial score (nSPS) is 10.6. The van der Waals surface area contributed by atoms with Crippen LogP contribution in [0.4, 0.5) is 4.39 Å². The lowest BCUT2D eigenvalue weighted by Gasteiger charge is -2.08. The molecule has 1 heterocycles. The van der Waals surface area contributed by atoms with Gasteiger partial charge in [0, 0.05) is 12.7 Å². The Morgan fingerprint density at radius 1 is 1.50 bits per heavy atom. The zero-order chi connectivity index (χ0) is 13.1. The summed E-state index contributed by atoms with van der Waals surface area (Å²) < 4.78 is 19.4. The van der Waals surface area contributed by atoms with Crippen molar-refractivity contribution in [2.45, 2.75) is 6.61 Å². The monoisotopic (exact) mass is 328 g/mol. The van der Waals surface area contributed by atoms with Gasteiger partial charge >= 0.3 is 0 Å². The van der Waals surface area contributed by atoms with Gasteiger partial charge in [0.1, 0.15) is 16.3 Å². The first-order valence-corrected chi connectivity index (χ1v) is 6.35. The Hall–Kier alpha value is -1.11. The highest BCUT2D eigenvalue weighted by Gasteiger charge is 2.08. The molecule has 0 spiro atoms. The van der Waals surface area contributed by atoms with Gasteiger partial charge in [-0.2, -0.15) is 0 Å². The first kappa shape index (κ1) is 13.3. The van der Waals surface area contributed by atoms with Crippen LogP contribution in [0.15, 0.2) is 28.7 Å². The Morgan fingerprint density at radius 3 is 2.94 bits per heavy atom. The van der Waals surface area contributed by atoms with E-state index in [1.54, 1.807) is 19.2 Å². The number of methoxy groups -OCH3 is 1. The largest absolute Gasteiger partial charge is 0.378 e. The van der Waals surface area contributed by atoms with E-state index in [0.29, 0.717) is 27.1 Å². The summed E-state index contributed by atoms with van der Waals surface area (Å²) >= 11 is 8.50. The quantitative estimate of drug-likeness (QED) is 0.869. The smallest absolute Gasteiger partial charge is 0.144 e. The number of H-pyrrole nitrogens is 1. The molecule has 3 nitrogen and oxygen atoms in total. The van der Waals surface area contributed by atoms with Gasteiger partial charge in [-0.3, -0.25) is 0 Å². The second-order valence-electron chi connectivity index (χ2n) is 3.63. The molecule has 2 rings (SSSR count). The summed E-state index contributed by atoms with van der Waals surface area (Å²) in [5.74, 6) is 0.208. The van der Waals surface area contributed by atoms with E-state index in [0.717, 1.165) is 5.69 Å². The van der Waals surface area contributed by atoms with Gasteiger partial charge in [0.15, 0.2) is 0 Å². The minimum Gasteiger partial charge on any atom is -0.378 e. The Kier molecular flexibility index (Phi) is 4.21. The molecule has 0 aliphatic carbocycles. The van der Waals surface area contributed by atoms with Crippen molar-refractivity contribution in [2.24, 2.45) is 0 Å². The van der Waals surface area contributed by atoms with Gasteiger partial charge in [-0.15, -0.1) is 0 Å². The van der Waals surface area contributed by atoms with Crippen LogP contribution >= 0.6 is 28.1 Å². The lowest BCUT2D eigenvalue weighted by molar-refractivity contribution is 0.181. The predicted molar refractivity (Wildman–Crippen MR) is 73.2 cm³/mol. The van der Waals surface area contributed by atoms with Gasteiger partial charge in [0.2, 0.25) is 0 Å². The Balaban J connectivity index is 2.55. The molecular formula is C12H10BrFN2OS. The van der Waals surface area contributed by atoms with Crippen molar-refractivity contribution in [3.05, 3.63) is 44.9 Å². The second kappa shape index (κ2) is 5.69. The first-order valence-electron chi connectivity index (χ1n) is 5.15. The van der Waals surface area contributed by atoms with Crippen LogP contribution in [0, 0.1) is 10.5 Å². The Morgan fingerprint density at radius 2 is 2.28 bits per heavy atom. The molecule has 0 saturated heterocycles. The molecule has 18 heavy (non-hydrogen) atoms. The van der Waals surface area contributed by atoms with Gasteiger partial charge in [0.05, 0.1) is 16.8 Å². The van der Waals surface area contributed by atoms with Crippen LogP contribution in [0.5, 0.6) is 0 Å². The number of ether oxygens (including phenoxy) is 1. The maximum Gasteiger partial charge on any atom is 0.144 e. The van der Waals surface area contributed by atoms with Crippen molar-refractivity contribution in [3.63, 3.8) is 0 Å². The molecule has 1 aromatic carbocycles. The van der Waals surface area contributed by atoms with E-state index in [2.05, 4.69) is 25.9 Å². The van der Waals surface area contributed by atoms with Crippen LogP contribution in [-0.2, 0) is 11.3 Å². The van der Waals surface area contributed by atoms with Crippen molar-refractivity contribution in [1.82, 2.24) is 9.97 Å². The molecule has 0 bridgehead atoms. The number of nitrogens with one attached hydrogen (secondary N) is 1. The van der Waals surface area contributed by atoms with Crippen molar-refractivity contribution < 1.29 is 9.13 Å². The molecule has 0 amide bonds. The standard InChI is InChI=1S/C12H10BrFN2OS/c1-17-6-9-10(13)12(18)16-11(15-9)7-3-2-4-8(14)5-7/h2-5H,6H2,1H3,(H,15,16,18). The van der Waals surface area contributed by atoms with E-state index in [4.69, 9.17) is 17.0 Å². The SMILES string of the molecule is COCc1[nH]c(-c2cccc(F)c2)nc(=S)c1Br. The molecule has 0 saturated carbocycles. The molecular weight excluding hydrogens is 319 g/mol. The number of aromatic amines is 1. The molecule has 0 radical (unpaired) electrons. The van der Waals surface area contributed by atoms with Crippen molar-refractivity contribution in [1.29, 1.82) is 0 Å². The van der Waals surface area contributed by atoms with Gasteiger partial charge < -0.3 is 9.72 Å². The zero-order valence-electron chi connectivity index (χ0n) is 9.54. The molecule has 0 aliphatic rings. The average Bonchev–Trinajstić information content (AvgIpc) is 2.35. The minimum atomic E-state index is -0.315. The third kappa shape index (κ3) is 2.82. The highest BCUT2D eigenvalue weighted by Crippen LogP contribution is 2.22. The molecule has 0 aliphatic heterocycles. The zero-order valence-corrected chi connectivity index (χ0v) is 11.9. The van der Waals surface area contributed by atoms with E-state index in [-0.39, 0.29) is 5.82 Å². The topological polar surface area (TPSA) is 37.9 Å². The van der Waals surface area contributed by atoms with Crippen LogP contribution in [0.25, 0.3) is 11.4 Å². The second-order valence-corrected chi connectivity index (χ2v) is 4.81. The van der Waals surface area contributed by atoms with Crippen LogP contribution in [-0.4, -0.2) is 17.1 Å². The summed E-state index contributed by atoms with van der Waals surface area (Å²) in [6.45, 7) is 0.370. The summed E-state index contributed by atoms with van der Waals surface area (Å²) in [7, 11) is 1.59. The molecule has 6 heteroatoms. The van der Waals surface area contributed by atoms with E-state index < -0.39 is 0 Å². The highest BCUT2D eigenvalue weighted by atomic mass is 79.9. The van der Waals surface area contributed by atoms with Crippen LogP contribution in [0.1, 0.15) is 5.69 Å². The average molecular weight is 329 g/mol. The summed E-state index contributed by atoms with van der Waals surface area (Å²) in [5, 5.41) is 0. The van der Waals surface area contributed by atoms with Gasteiger partial charge in [0.25, 0.3) is 0 Å². The third-order valence-electron chi connectivity index (χ3n) is 2.32. The molecule has 0 unspecified atom stereocenters. The van der Waals surface area contributed by atoms with Gasteiger partial charge in [-0.25, -0.2) is 9.37 Å². The fourth-order valence-electron chi connectivity index (χ4n) is 1.52. The lowest BCUT2D eigenvalue weighted by Crippen LogP contribution is -2.00. The van der Waals surface area contributed by atoms with Crippen LogP contribution < -0.4 is 0 Å². The summed E-state index contributed by atoms with van der Waals surface area (Å²) in [6, 6.07) is 6.17. The summed E-state index contributed by atoms with van der Waals surface area (Å²) in [6.07, 6.45) is 0. The predicted octanol–water partition coefficient (Wildman–Crippen LogP) is 3.85. The van der Waals surface area contributed by atoms with E-state index in [9.17, 15) is 4.39 Å². The van der Waals surface area contributed by atoms with Crippen LogP contribution in [0.3, 0.4) is 0 Å². The summed E-state index contributed by atoms with van der Waals surface area (Å²) in [4.78, 5) is 7.30. The molecule has 1 aromatic heterocycles. The maximum absolute atomic E-state index is 13.2. The van der Waals surface area contributed by atoms with E-state index in [1.165, 1.54) is 12.1 Å². The third-order valence-corrected chi connectivity index (χ3v) is 3.73. The maximum atomic E-state index is 13.2. The molecule has 2 aromatic rings. The number of nitrogens with zero attached hydrogens (tertiary/aromatic N) is 1. The van der Waals surface area contributed by atoms with Crippen molar-refractivity contribution >= 4 is 28.1 Å². The van der Waals surface area contributed by atoms with Gasteiger partial charge in [-0.1, -0.05) is 24.4 Å². The van der Waals surface area contributed by atoms with Crippen LogP contribution in [0.2, 0.25) is 0 Å². The molecule has 1 N–H and O–H groups in total. The highest BCUT2D eigenvalue weighted by molar-refractivity contribution is 9.10. The Labute approximate surface area is 117 Å². The van der Waals surface area contributed by atoms with Crippen molar-refractivity contribution in [2.75, 3.05) is 7.11 Å². The Bertz CT molecular complexity index is 630. The molecule has 0 fully saturated rings. The fourth-order valence-corrected chi connectivity index (χ4v) is 2.04. The number of rotatable bonds is 3. The molecule has 94 valence electrons. The number of hydrogen-bond donors (Lipinski definition) is 1. The minimum absolute atomic E-state index is 0.315. The lowest BCUT2D eigenvalue weighted by atomic mass is 10.2. The first-order chi connectivity index (χ1) is 8.61.